The third-order valence-electron chi connectivity index (χ3n) is 2.83. The summed E-state index contributed by atoms with van der Waals surface area (Å²) < 4.78 is 62.0. The second-order valence-electron chi connectivity index (χ2n) is 4.81. The van der Waals surface area contributed by atoms with Crippen LogP contribution in [-0.2, 0) is 14.9 Å². The molecule has 0 aromatic heterocycles. The summed E-state index contributed by atoms with van der Waals surface area (Å²) in [5.74, 6) is 0. The predicted molar refractivity (Wildman–Crippen MR) is 82.8 cm³/mol. The standard InChI is InChI=1S/C14H19F3N2O3S/c1-4-6-12(18-22-5-2)11-9-10(3)7-8-13(11)19-23(20,21)14(15,16)17/h7-9,19H,4-6H2,1-3H3/b18-12+. The van der Waals surface area contributed by atoms with Crippen molar-refractivity contribution >= 4 is 21.4 Å². The second kappa shape index (κ2) is 7.67. The van der Waals surface area contributed by atoms with Gasteiger partial charge in [0.15, 0.2) is 0 Å². The van der Waals surface area contributed by atoms with E-state index >= 15 is 0 Å². The Bertz CT molecular complexity index is 670. The van der Waals surface area contributed by atoms with E-state index in [2.05, 4.69) is 5.16 Å². The van der Waals surface area contributed by atoms with E-state index in [1.165, 1.54) is 12.1 Å². The molecule has 0 saturated heterocycles. The summed E-state index contributed by atoms with van der Waals surface area (Å²) in [5.41, 5.74) is -4.15. The first-order valence-electron chi connectivity index (χ1n) is 7.01. The van der Waals surface area contributed by atoms with Gasteiger partial charge in [0.2, 0.25) is 0 Å². The summed E-state index contributed by atoms with van der Waals surface area (Å²) in [7, 11) is -5.50. The minimum Gasteiger partial charge on any atom is -0.396 e. The fourth-order valence-electron chi connectivity index (χ4n) is 1.80. The topological polar surface area (TPSA) is 67.8 Å². The summed E-state index contributed by atoms with van der Waals surface area (Å²) >= 11 is 0. The Balaban J connectivity index is 3.35. The monoisotopic (exact) mass is 352 g/mol. The van der Waals surface area contributed by atoms with Gasteiger partial charge in [-0.05, 0) is 32.4 Å². The molecule has 0 fully saturated rings. The summed E-state index contributed by atoms with van der Waals surface area (Å²) in [6.07, 6.45) is 1.11. The fraction of sp³-hybridized carbons (Fsp3) is 0.500. The minimum atomic E-state index is -5.50. The molecule has 130 valence electrons. The van der Waals surface area contributed by atoms with Crippen LogP contribution in [-0.4, -0.2) is 26.2 Å². The first-order chi connectivity index (χ1) is 10.6. The molecule has 1 N–H and O–H groups in total. The highest BCUT2D eigenvalue weighted by atomic mass is 32.2. The van der Waals surface area contributed by atoms with Gasteiger partial charge >= 0.3 is 15.5 Å². The number of hydrogen-bond donors (Lipinski definition) is 1. The number of benzene rings is 1. The molecule has 1 aromatic rings. The molecule has 0 atom stereocenters. The van der Waals surface area contributed by atoms with Crippen LogP contribution in [0.5, 0.6) is 0 Å². The molecule has 0 saturated carbocycles. The lowest BCUT2D eigenvalue weighted by Gasteiger charge is -2.15. The minimum absolute atomic E-state index is 0.181. The predicted octanol–water partition coefficient (Wildman–Crippen LogP) is 3.80. The maximum absolute atomic E-state index is 12.6. The Labute approximate surface area is 133 Å². The van der Waals surface area contributed by atoms with E-state index in [-0.39, 0.29) is 11.3 Å². The average Bonchev–Trinajstić information content (AvgIpc) is 2.44. The third-order valence-corrected chi connectivity index (χ3v) is 3.92. The Kier molecular flexibility index (Phi) is 6.43. The molecule has 0 heterocycles. The number of halogens is 3. The van der Waals surface area contributed by atoms with Crippen molar-refractivity contribution in [3.05, 3.63) is 29.3 Å². The van der Waals surface area contributed by atoms with E-state index in [1.54, 1.807) is 24.6 Å². The van der Waals surface area contributed by atoms with Crippen molar-refractivity contribution in [2.45, 2.75) is 39.1 Å². The van der Waals surface area contributed by atoms with Crippen molar-refractivity contribution in [1.29, 1.82) is 0 Å². The van der Waals surface area contributed by atoms with E-state index in [9.17, 15) is 21.6 Å². The molecule has 1 aromatic carbocycles. The lowest BCUT2D eigenvalue weighted by Crippen LogP contribution is -2.30. The van der Waals surface area contributed by atoms with Crippen molar-refractivity contribution in [1.82, 2.24) is 0 Å². The van der Waals surface area contributed by atoms with Gasteiger partial charge in [0.05, 0.1) is 11.4 Å². The smallest absolute Gasteiger partial charge is 0.396 e. The zero-order valence-electron chi connectivity index (χ0n) is 13.1. The van der Waals surface area contributed by atoms with Crippen LogP contribution in [0.1, 0.15) is 37.8 Å². The molecule has 0 radical (unpaired) electrons. The summed E-state index contributed by atoms with van der Waals surface area (Å²) in [4.78, 5) is 4.98. The highest BCUT2D eigenvalue weighted by Gasteiger charge is 2.46. The highest BCUT2D eigenvalue weighted by molar-refractivity contribution is 7.93. The molecule has 0 aliphatic carbocycles. The van der Waals surface area contributed by atoms with Crippen LogP contribution in [0, 0.1) is 6.92 Å². The number of nitrogens with one attached hydrogen (secondary N) is 1. The van der Waals surface area contributed by atoms with Gasteiger partial charge in [0.25, 0.3) is 0 Å². The van der Waals surface area contributed by atoms with Crippen molar-refractivity contribution in [2.75, 3.05) is 11.3 Å². The molecular weight excluding hydrogens is 333 g/mol. The van der Waals surface area contributed by atoms with Crippen LogP contribution >= 0.6 is 0 Å². The molecule has 0 amide bonds. The first-order valence-corrected chi connectivity index (χ1v) is 8.49. The van der Waals surface area contributed by atoms with Crippen molar-refractivity contribution in [2.24, 2.45) is 5.16 Å². The quantitative estimate of drug-likeness (QED) is 0.599. The van der Waals surface area contributed by atoms with Crippen molar-refractivity contribution < 1.29 is 26.4 Å². The molecule has 5 nitrogen and oxygen atoms in total. The lowest BCUT2D eigenvalue weighted by atomic mass is 10.0. The van der Waals surface area contributed by atoms with E-state index in [1.807, 2.05) is 6.92 Å². The van der Waals surface area contributed by atoms with Gasteiger partial charge in [-0.25, -0.2) is 0 Å². The molecule has 1 rings (SSSR count). The number of rotatable bonds is 7. The number of nitrogens with zero attached hydrogens (tertiary/aromatic N) is 1. The lowest BCUT2D eigenvalue weighted by molar-refractivity contribution is -0.0429. The second-order valence-corrected chi connectivity index (χ2v) is 6.48. The molecule has 0 aliphatic heterocycles. The van der Waals surface area contributed by atoms with Gasteiger partial charge in [-0.1, -0.05) is 30.1 Å². The normalized spacial score (nSPS) is 13.0. The summed E-state index contributed by atoms with van der Waals surface area (Å²) in [5, 5.41) is 3.90. The number of aryl methyl sites for hydroxylation is 1. The van der Waals surface area contributed by atoms with Gasteiger partial charge in [-0.2, -0.15) is 21.6 Å². The molecule has 0 spiro atoms. The van der Waals surface area contributed by atoms with Gasteiger partial charge in [0, 0.05) is 5.56 Å². The van der Waals surface area contributed by atoms with E-state index in [0.717, 1.165) is 5.56 Å². The molecule has 23 heavy (non-hydrogen) atoms. The van der Waals surface area contributed by atoms with E-state index in [4.69, 9.17) is 4.84 Å². The summed E-state index contributed by atoms with van der Waals surface area (Å²) in [6, 6.07) is 4.37. The number of alkyl halides is 3. The molecular formula is C14H19F3N2O3S. The van der Waals surface area contributed by atoms with Crippen LogP contribution in [0.4, 0.5) is 18.9 Å². The van der Waals surface area contributed by atoms with Gasteiger partial charge in [0.1, 0.15) is 6.61 Å². The van der Waals surface area contributed by atoms with Crippen molar-refractivity contribution in [3.8, 4) is 0 Å². The maximum Gasteiger partial charge on any atom is 0.516 e. The summed E-state index contributed by atoms with van der Waals surface area (Å²) in [6.45, 7) is 5.63. The fourth-order valence-corrected chi connectivity index (χ4v) is 2.38. The third kappa shape index (κ3) is 5.12. The van der Waals surface area contributed by atoms with Crippen LogP contribution in [0.2, 0.25) is 0 Å². The molecule has 9 heteroatoms. The number of oxime groups is 1. The van der Waals surface area contributed by atoms with Crippen LogP contribution in [0.3, 0.4) is 0 Å². The number of hydrogen-bond acceptors (Lipinski definition) is 4. The SMILES string of the molecule is CCC/C(=N\OCC)c1cc(C)ccc1NS(=O)(=O)C(F)(F)F. The van der Waals surface area contributed by atoms with E-state index in [0.29, 0.717) is 25.2 Å². The number of anilines is 1. The zero-order valence-corrected chi connectivity index (χ0v) is 13.9. The largest absolute Gasteiger partial charge is 0.516 e. The maximum atomic E-state index is 12.6. The number of sulfonamides is 1. The van der Waals surface area contributed by atoms with Crippen molar-refractivity contribution in [3.63, 3.8) is 0 Å². The van der Waals surface area contributed by atoms with Crippen LogP contribution in [0.25, 0.3) is 0 Å². The van der Waals surface area contributed by atoms with Gasteiger partial charge < -0.3 is 4.84 Å². The Morgan fingerprint density at radius 2 is 1.96 bits per heavy atom. The van der Waals surface area contributed by atoms with Gasteiger partial charge in [-0.15, -0.1) is 0 Å². The molecule has 0 unspecified atom stereocenters. The highest BCUT2D eigenvalue weighted by Crippen LogP contribution is 2.28. The van der Waals surface area contributed by atoms with Crippen LogP contribution < -0.4 is 4.72 Å². The zero-order chi connectivity index (χ0) is 17.7. The van der Waals surface area contributed by atoms with Crippen LogP contribution in [0.15, 0.2) is 23.4 Å². The Hall–Kier alpha value is -1.77. The average molecular weight is 352 g/mol. The Morgan fingerprint density at radius 1 is 1.30 bits per heavy atom. The van der Waals surface area contributed by atoms with E-state index < -0.39 is 15.5 Å². The first kappa shape index (κ1) is 19.3. The Morgan fingerprint density at radius 3 is 2.48 bits per heavy atom. The molecule has 0 bridgehead atoms. The van der Waals surface area contributed by atoms with Gasteiger partial charge in [-0.3, -0.25) is 4.72 Å². The molecule has 0 aliphatic rings.